The van der Waals surface area contributed by atoms with Crippen molar-refractivity contribution in [2.24, 2.45) is 0 Å². The number of methoxy groups -OCH3 is 2. The third-order valence-corrected chi connectivity index (χ3v) is 5.49. The molecule has 2 aromatic carbocycles. The van der Waals surface area contributed by atoms with E-state index < -0.39 is 0 Å². The number of hydrogen-bond acceptors (Lipinski definition) is 6. The maximum atomic E-state index is 5.36. The molecule has 0 saturated carbocycles. The fourth-order valence-electron chi connectivity index (χ4n) is 2.90. The van der Waals surface area contributed by atoms with E-state index in [9.17, 15) is 0 Å². The van der Waals surface area contributed by atoms with Crippen molar-refractivity contribution in [1.29, 1.82) is 0 Å². The van der Waals surface area contributed by atoms with Gasteiger partial charge in [-0.15, -0.1) is 10.2 Å². The minimum absolute atomic E-state index is 0.755. The summed E-state index contributed by atoms with van der Waals surface area (Å²) in [5, 5.41) is 9.76. The van der Waals surface area contributed by atoms with Gasteiger partial charge in [0.1, 0.15) is 11.5 Å². The first-order chi connectivity index (χ1) is 13.5. The molecule has 1 aromatic heterocycles. The average Bonchev–Trinajstić information content (AvgIpc) is 3.14. The quantitative estimate of drug-likeness (QED) is 0.526. The Labute approximate surface area is 170 Å². The molecule has 28 heavy (non-hydrogen) atoms. The van der Waals surface area contributed by atoms with Crippen molar-refractivity contribution in [3.63, 3.8) is 0 Å². The van der Waals surface area contributed by atoms with Gasteiger partial charge in [0.15, 0.2) is 11.0 Å². The van der Waals surface area contributed by atoms with Crippen LogP contribution < -0.4 is 14.4 Å². The average molecular weight is 399 g/mol. The molecule has 0 fully saturated rings. The Bertz CT molecular complexity index is 900. The molecule has 0 spiro atoms. The molecule has 0 bridgehead atoms. The molecule has 3 aromatic rings. The molecule has 0 amide bonds. The van der Waals surface area contributed by atoms with E-state index in [1.807, 2.05) is 32.3 Å². The molecule has 7 heteroatoms. The molecule has 1 heterocycles. The summed E-state index contributed by atoms with van der Waals surface area (Å²) in [6.07, 6.45) is 0. The molecule has 0 saturated heterocycles. The van der Waals surface area contributed by atoms with E-state index >= 15 is 0 Å². The minimum Gasteiger partial charge on any atom is -0.497 e. The highest BCUT2D eigenvalue weighted by molar-refractivity contribution is 7.98. The van der Waals surface area contributed by atoms with Gasteiger partial charge < -0.3 is 18.9 Å². The fourth-order valence-corrected chi connectivity index (χ4v) is 3.83. The van der Waals surface area contributed by atoms with Crippen LogP contribution in [0.1, 0.15) is 12.5 Å². The second-order valence-corrected chi connectivity index (χ2v) is 7.44. The van der Waals surface area contributed by atoms with E-state index in [4.69, 9.17) is 9.47 Å². The smallest absolute Gasteiger partial charge is 0.191 e. The third kappa shape index (κ3) is 4.42. The van der Waals surface area contributed by atoms with Crippen molar-refractivity contribution in [3.05, 3.63) is 48.0 Å². The Kier molecular flexibility index (Phi) is 6.46. The monoisotopic (exact) mass is 398 g/mol. The molecule has 0 unspecified atom stereocenters. The maximum Gasteiger partial charge on any atom is 0.191 e. The van der Waals surface area contributed by atoms with Crippen LogP contribution in [0.25, 0.3) is 11.4 Å². The predicted molar refractivity (Wildman–Crippen MR) is 115 cm³/mol. The normalized spacial score (nSPS) is 10.8. The SMILES string of the molecule is CCn1c(SCc2cc(OC)cc(OC)c2)nnc1-c1ccc(N(C)C)cc1. The van der Waals surface area contributed by atoms with E-state index in [1.165, 1.54) is 0 Å². The summed E-state index contributed by atoms with van der Waals surface area (Å²) in [5.74, 6) is 3.21. The van der Waals surface area contributed by atoms with Gasteiger partial charge >= 0.3 is 0 Å². The molecular formula is C21H26N4O2S. The van der Waals surface area contributed by atoms with Gasteiger partial charge in [0.2, 0.25) is 0 Å². The largest absolute Gasteiger partial charge is 0.497 e. The number of rotatable bonds is 8. The summed E-state index contributed by atoms with van der Waals surface area (Å²) in [4.78, 5) is 2.08. The number of hydrogen-bond donors (Lipinski definition) is 0. The van der Waals surface area contributed by atoms with E-state index in [0.717, 1.165) is 51.6 Å². The summed E-state index contributed by atoms with van der Waals surface area (Å²) in [7, 11) is 7.39. The van der Waals surface area contributed by atoms with Gasteiger partial charge in [-0.05, 0) is 48.9 Å². The van der Waals surface area contributed by atoms with Crippen molar-refractivity contribution in [3.8, 4) is 22.9 Å². The number of nitrogens with zero attached hydrogens (tertiary/aromatic N) is 4. The van der Waals surface area contributed by atoms with Crippen molar-refractivity contribution in [2.75, 3.05) is 33.2 Å². The second-order valence-electron chi connectivity index (χ2n) is 6.50. The predicted octanol–water partition coefficient (Wildman–Crippen LogP) is 4.34. The fraction of sp³-hybridized carbons (Fsp3) is 0.333. The molecule has 0 atom stereocenters. The number of benzene rings is 2. The molecular weight excluding hydrogens is 372 g/mol. The van der Waals surface area contributed by atoms with Crippen molar-refractivity contribution < 1.29 is 9.47 Å². The summed E-state index contributed by atoms with van der Waals surface area (Å²) in [5.41, 5.74) is 3.34. The Morgan fingerprint density at radius 2 is 1.61 bits per heavy atom. The van der Waals surface area contributed by atoms with Gasteiger partial charge in [0.25, 0.3) is 0 Å². The molecule has 3 rings (SSSR count). The van der Waals surface area contributed by atoms with Gasteiger partial charge in [-0.1, -0.05) is 11.8 Å². The highest BCUT2D eigenvalue weighted by Gasteiger charge is 2.14. The van der Waals surface area contributed by atoms with Crippen LogP contribution in [-0.2, 0) is 12.3 Å². The second kappa shape index (κ2) is 9.01. The van der Waals surface area contributed by atoms with E-state index in [0.29, 0.717) is 0 Å². The van der Waals surface area contributed by atoms with Crippen LogP contribution in [0.5, 0.6) is 11.5 Å². The zero-order chi connectivity index (χ0) is 20.1. The van der Waals surface area contributed by atoms with Crippen LogP contribution in [0.4, 0.5) is 5.69 Å². The number of anilines is 1. The lowest BCUT2D eigenvalue weighted by Gasteiger charge is -2.13. The Balaban J connectivity index is 1.81. The number of ether oxygens (including phenoxy) is 2. The van der Waals surface area contributed by atoms with Gasteiger partial charge in [0.05, 0.1) is 14.2 Å². The molecule has 148 valence electrons. The Morgan fingerprint density at radius 3 is 2.14 bits per heavy atom. The van der Waals surface area contributed by atoms with Gasteiger partial charge in [0, 0.05) is 43.7 Å². The first kappa shape index (κ1) is 20.1. The topological polar surface area (TPSA) is 52.4 Å². The summed E-state index contributed by atoms with van der Waals surface area (Å²) in [6, 6.07) is 14.3. The van der Waals surface area contributed by atoms with Crippen LogP contribution in [0.3, 0.4) is 0 Å². The first-order valence-corrected chi connectivity index (χ1v) is 10.1. The Hall–Kier alpha value is -2.67. The van der Waals surface area contributed by atoms with Crippen LogP contribution >= 0.6 is 11.8 Å². The van der Waals surface area contributed by atoms with Crippen molar-refractivity contribution >= 4 is 17.4 Å². The Morgan fingerprint density at radius 1 is 0.964 bits per heavy atom. The van der Waals surface area contributed by atoms with Crippen molar-refractivity contribution in [1.82, 2.24) is 14.8 Å². The van der Waals surface area contributed by atoms with E-state index in [2.05, 4.69) is 50.9 Å². The minimum atomic E-state index is 0.755. The molecule has 0 radical (unpaired) electrons. The first-order valence-electron chi connectivity index (χ1n) is 9.11. The van der Waals surface area contributed by atoms with Gasteiger partial charge in [-0.2, -0.15) is 0 Å². The van der Waals surface area contributed by atoms with Gasteiger partial charge in [-0.3, -0.25) is 0 Å². The van der Waals surface area contributed by atoms with Crippen LogP contribution in [-0.4, -0.2) is 43.1 Å². The maximum absolute atomic E-state index is 5.36. The standard InChI is InChI=1S/C21H26N4O2S/c1-6-25-20(16-7-9-17(10-8-16)24(2)3)22-23-21(25)28-14-15-11-18(26-4)13-19(12-15)27-5/h7-13H,6,14H2,1-5H3. The lowest BCUT2D eigenvalue weighted by atomic mass is 10.2. The van der Waals surface area contributed by atoms with Crippen LogP contribution in [0, 0.1) is 0 Å². The summed E-state index contributed by atoms with van der Waals surface area (Å²) in [6.45, 7) is 2.92. The molecule has 6 nitrogen and oxygen atoms in total. The molecule has 0 aliphatic carbocycles. The van der Waals surface area contributed by atoms with Crippen molar-refractivity contribution in [2.45, 2.75) is 24.4 Å². The van der Waals surface area contributed by atoms with E-state index in [1.54, 1.807) is 26.0 Å². The van der Waals surface area contributed by atoms with E-state index in [-0.39, 0.29) is 0 Å². The van der Waals surface area contributed by atoms with Crippen LogP contribution in [0.2, 0.25) is 0 Å². The van der Waals surface area contributed by atoms with Crippen LogP contribution in [0.15, 0.2) is 47.6 Å². The highest BCUT2D eigenvalue weighted by atomic mass is 32.2. The number of aromatic nitrogens is 3. The zero-order valence-corrected chi connectivity index (χ0v) is 17.8. The summed E-state index contributed by atoms with van der Waals surface area (Å²) >= 11 is 1.66. The summed E-state index contributed by atoms with van der Waals surface area (Å²) < 4.78 is 12.9. The lowest BCUT2D eigenvalue weighted by Crippen LogP contribution is -2.08. The molecule has 0 aliphatic rings. The molecule has 0 N–H and O–H groups in total. The highest BCUT2D eigenvalue weighted by Crippen LogP contribution is 2.30. The lowest BCUT2D eigenvalue weighted by molar-refractivity contribution is 0.393. The third-order valence-electron chi connectivity index (χ3n) is 4.45. The number of thioether (sulfide) groups is 1. The zero-order valence-electron chi connectivity index (χ0n) is 17.0. The molecule has 0 aliphatic heterocycles. The van der Waals surface area contributed by atoms with Gasteiger partial charge in [-0.25, -0.2) is 0 Å².